The van der Waals surface area contributed by atoms with E-state index in [0.29, 0.717) is 18.8 Å². The van der Waals surface area contributed by atoms with Crippen molar-refractivity contribution < 1.29 is 9.22 Å². The van der Waals surface area contributed by atoms with E-state index in [4.69, 9.17) is 4.43 Å². The summed E-state index contributed by atoms with van der Waals surface area (Å²) in [4.78, 5) is 11.1. The Kier molecular flexibility index (Phi) is 5.45. The molecule has 0 amide bonds. The number of hydrogen-bond donors (Lipinski definition) is 0. The number of hydrogen-bond acceptors (Lipinski definition) is 3. The van der Waals surface area contributed by atoms with Crippen molar-refractivity contribution in [2.75, 3.05) is 0 Å². The summed E-state index contributed by atoms with van der Waals surface area (Å²) in [5.74, 6) is 0. The molecular formula is C19H28N2O2Si. The highest BCUT2D eigenvalue weighted by Gasteiger charge is 2.37. The van der Waals surface area contributed by atoms with Crippen molar-refractivity contribution in [3.63, 3.8) is 0 Å². The molecule has 0 aliphatic heterocycles. The van der Waals surface area contributed by atoms with Crippen molar-refractivity contribution in [3.8, 4) is 0 Å². The number of carbonyl (C=O) groups is 1. The van der Waals surface area contributed by atoms with Gasteiger partial charge in [0.2, 0.25) is 0 Å². The molecule has 2 aromatic rings. The molecule has 4 nitrogen and oxygen atoms in total. The number of aryl methyl sites for hydroxylation is 1. The summed E-state index contributed by atoms with van der Waals surface area (Å²) in [5, 5.41) is 4.56. The van der Waals surface area contributed by atoms with E-state index < -0.39 is 8.32 Å². The van der Waals surface area contributed by atoms with Crippen LogP contribution in [0.2, 0.25) is 18.1 Å². The number of benzene rings is 1. The lowest BCUT2D eigenvalue weighted by molar-refractivity contribution is 0.111. The molecule has 1 aromatic heterocycles. The minimum Gasteiger partial charge on any atom is -0.411 e. The summed E-state index contributed by atoms with van der Waals surface area (Å²) in [7, 11) is -1.84. The van der Waals surface area contributed by atoms with Gasteiger partial charge < -0.3 is 4.43 Å². The Morgan fingerprint density at radius 1 is 1.25 bits per heavy atom. The second kappa shape index (κ2) is 7.03. The van der Waals surface area contributed by atoms with E-state index in [-0.39, 0.29) is 5.04 Å². The van der Waals surface area contributed by atoms with Crippen LogP contribution in [0.25, 0.3) is 0 Å². The van der Waals surface area contributed by atoms with Crippen molar-refractivity contribution in [2.24, 2.45) is 0 Å². The van der Waals surface area contributed by atoms with Gasteiger partial charge in [0.25, 0.3) is 0 Å². The van der Waals surface area contributed by atoms with Crippen molar-refractivity contribution in [1.82, 2.24) is 9.78 Å². The Labute approximate surface area is 146 Å². The molecule has 0 aliphatic rings. The third kappa shape index (κ3) is 4.42. The third-order valence-corrected chi connectivity index (χ3v) is 9.28. The molecule has 0 bridgehead atoms. The standard InChI is InChI=1S/C19H28N2O2Si/c1-15-8-7-9-16(10-15)12-21-18(11-17(13-22)20-21)14-23-24(5,6)19(2,3)4/h7-11,13H,12,14H2,1-6H3. The molecule has 5 heteroatoms. The second-order valence-electron chi connectivity index (χ2n) is 7.87. The first kappa shape index (κ1) is 18.6. The van der Waals surface area contributed by atoms with Gasteiger partial charge in [0, 0.05) is 0 Å². The molecule has 0 N–H and O–H groups in total. The summed E-state index contributed by atoms with van der Waals surface area (Å²) < 4.78 is 8.18. The van der Waals surface area contributed by atoms with Crippen LogP contribution >= 0.6 is 0 Å². The minimum absolute atomic E-state index is 0.155. The maximum absolute atomic E-state index is 11.1. The molecule has 0 fully saturated rings. The van der Waals surface area contributed by atoms with Crippen LogP contribution in [0, 0.1) is 6.92 Å². The summed E-state index contributed by atoms with van der Waals surface area (Å²) in [5.41, 5.74) is 3.79. The SMILES string of the molecule is Cc1cccc(Cn2nc(C=O)cc2CO[Si](C)(C)C(C)(C)C)c1. The molecule has 0 aliphatic carbocycles. The monoisotopic (exact) mass is 344 g/mol. The molecular weight excluding hydrogens is 316 g/mol. The normalized spacial score (nSPS) is 12.4. The van der Waals surface area contributed by atoms with E-state index in [0.717, 1.165) is 12.0 Å². The van der Waals surface area contributed by atoms with Crippen LogP contribution in [0.5, 0.6) is 0 Å². The predicted molar refractivity (Wildman–Crippen MR) is 99.9 cm³/mol. The Balaban J connectivity index is 2.21. The molecule has 130 valence electrons. The molecule has 1 aromatic carbocycles. The number of rotatable bonds is 6. The lowest BCUT2D eigenvalue weighted by Gasteiger charge is -2.36. The first-order valence-corrected chi connectivity index (χ1v) is 11.2. The van der Waals surface area contributed by atoms with Gasteiger partial charge in [0.15, 0.2) is 14.6 Å². The zero-order valence-electron chi connectivity index (χ0n) is 15.6. The Morgan fingerprint density at radius 3 is 2.54 bits per heavy atom. The Morgan fingerprint density at radius 2 is 1.96 bits per heavy atom. The van der Waals surface area contributed by atoms with E-state index in [2.05, 4.69) is 64.1 Å². The van der Waals surface area contributed by atoms with Crippen LogP contribution in [0.15, 0.2) is 30.3 Å². The maximum atomic E-state index is 11.1. The summed E-state index contributed by atoms with van der Waals surface area (Å²) in [6, 6.07) is 10.2. The molecule has 0 spiro atoms. The fourth-order valence-corrected chi connectivity index (χ4v) is 3.18. The third-order valence-electron chi connectivity index (χ3n) is 4.80. The summed E-state index contributed by atoms with van der Waals surface area (Å²) in [6.07, 6.45) is 0.794. The van der Waals surface area contributed by atoms with Gasteiger partial charge in [-0.1, -0.05) is 50.6 Å². The molecule has 0 saturated carbocycles. The first-order chi connectivity index (χ1) is 11.1. The Bertz CT molecular complexity index is 714. The maximum Gasteiger partial charge on any atom is 0.192 e. The van der Waals surface area contributed by atoms with Gasteiger partial charge in [0.05, 0.1) is 18.8 Å². The van der Waals surface area contributed by atoms with Gasteiger partial charge in [-0.25, -0.2) is 0 Å². The topological polar surface area (TPSA) is 44.1 Å². The zero-order chi connectivity index (χ0) is 18.0. The number of carbonyl (C=O) groups excluding carboxylic acids is 1. The highest BCUT2D eigenvalue weighted by atomic mass is 28.4. The molecule has 2 rings (SSSR count). The smallest absolute Gasteiger partial charge is 0.192 e. The van der Waals surface area contributed by atoms with Crippen LogP contribution in [0.1, 0.15) is 48.1 Å². The Hall–Kier alpha value is -1.72. The highest BCUT2D eigenvalue weighted by molar-refractivity contribution is 6.74. The van der Waals surface area contributed by atoms with Crippen LogP contribution in [-0.4, -0.2) is 24.4 Å². The number of aldehydes is 1. The van der Waals surface area contributed by atoms with Crippen molar-refractivity contribution in [3.05, 3.63) is 52.8 Å². The van der Waals surface area contributed by atoms with Gasteiger partial charge in [-0.2, -0.15) is 5.10 Å². The average Bonchev–Trinajstić information content (AvgIpc) is 2.86. The molecule has 1 heterocycles. The van der Waals surface area contributed by atoms with Gasteiger partial charge >= 0.3 is 0 Å². The molecule has 24 heavy (non-hydrogen) atoms. The van der Waals surface area contributed by atoms with Crippen LogP contribution in [-0.2, 0) is 17.6 Å². The highest BCUT2D eigenvalue weighted by Crippen LogP contribution is 2.37. The molecule has 0 saturated heterocycles. The molecule has 0 atom stereocenters. The average molecular weight is 345 g/mol. The van der Waals surface area contributed by atoms with Crippen molar-refractivity contribution in [2.45, 2.75) is 59.0 Å². The fraction of sp³-hybridized carbons (Fsp3) is 0.474. The van der Waals surface area contributed by atoms with Crippen LogP contribution in [0.3, 0.4) is 0 Å². The lowest BCUT2D eigenvalue weighted by atomic mass is 10.1. The van der Waals surface area contributed by atoms with Gasteiger partial charge in [-0.05, 0) is 36.7 Å². The predicted octanol–water partition coefficient (Wildman–Crippen LogP) is 4.57. The fourth-order valence-electron chi connectivity index (χ4n) is 2.24. The van der Waals surface area contributed by atoms with E-state index >= 15 is 0 Å². The van der Waals surface area contributed by atoms with E-state index in [1.54, 1.807) is 0 Å². The number of nitrogens with zero attached hydrogens (tertiary/aromatic N) is 2. The quantitative estimate of drug-likeness (QED) is 0.569. The van der Waals surface area contributed by atoms with Gasteiger partial charge in [-0.3, -0.25) is 9.48 Å². The van der Waals surface area contributed by atoms with Crippen LogP contribution in [0.4, 0.5) is 0 Å². The minimum atomic E-state index is -1.84. The van der Waals surface area contributed by atoms with Gasteiger partial charge in [0.1, 0.15) is 5.69 Å². The zero-order valence-corrected chi connectivity index (χ0v) is 16.6. The second-order valence-corrected chi connectivity index (χ2v) is 12.7. The molecule has 0 unspecified atom stereocenters. The van der Waals surface area contributed by atoms with E-state index in [9.17, 15) is 4.79 Å². The molecule has 0 radical (unpaired) electrons. The van der Waals surface area contributed by atoms with E-state index in [1.807, 2.05) is 16.8 Å². The number of aromatic nitrogens is 2. The lowest BCUT2D eigenvalue weighted by Crippen LogP contribution is -2.40. The van der Waals surface area contributed by atoms with Crippen molar-refractivity contribution in [1.29, 1.82) is 0 Å². The van der Waals surface area contributed by atoms with Crippen molar-refractivity contribution >= 4 is 14.6 Å². The summed E-state index contributed by atoms with van der Waals surface area (Å²) >= 11 is 0. The first-order valence-electron chi connectivity index (χ1n) is 8.34. The van der Waals surface area contributed by atoms with Crippen LogP contribution < -0.4 is 0 Å². The summed E-state index contributed by atoms with van der Waals surface area (Å²) in [6.45, 7) is 14.3. The largest absolute Gasteiger partial charge is 0.411 e. The van der Waals surface area contributed by atoms with Gasteiger partial charge in [-0.15, -0.1) is 0 Å². The van der Waals surface area contributed by atoms with E-state index in [1.165, 1.54) is 11.1 Å².